The van der Waals surface area contributed by atoms with Crippen LogP contribution in [-0.4, -0.2) is 57.7 Å². The van der Waals surface area contributed by atoms with Crippen molar-refractivity contribution in [1.29, 1.82) is 0 Å². The molecular weight excluding hydrogens is 372 g/mol. The Morgan fingerprint density at radius 1 is 1.10 bits per heavy atom. The smallest absolute Gasteiger partial charge is 0.225 e. The van der Waals surface area contributed by atoms with Gasteiger partial charge in [0, 0.05) is 32.0 Å². The van der Waals surface area contributed by atoms with Crippen LogP contribution in [0.25, 0.3) is 0 Å². The molecule has 2 amide bonds. The Bertz CT molecular complexity index is 694. The van der Waals surface area contributed by atoms with Gasteiger partial charge in [-0.05, 0) is 30.0 Å². The number of likely N-dealkylation sites (tertiary alicyclic amines) is 1. The summed E-state index contributed by atoms with van der Waals surface area (Å²) in [7, 11) is 4.70. The summed E-state index contributed by atoms with van der Waals surface area (Å²) in [5.74, 6) is 1.47. The van der Waals surface area contributed by atoms with Crippen molar-refractivity contribution in [2.24, 2.45) is 11.8 Å². The van der Waals surface area contributed by atoms with Crippen molar-refractivity contribution in [1.82, 2.24) is 10.2 Å². The van der Waals surface area contributed by atoms with Crippen molar-refractivity contribution in [2.75, 3.05) is 41.0 Å². The maximum atomic E-state index is 12.9. The second-order valence-corrected chi connectivity index (χ2v) is 7.86. The largest absolute Gasteiger partial charge is 0.493 e. The number of nitrogens with one attached hydrogen (secondary N) is 1. The quantitative estimate of drug-likeness (QED) is 0.682. The fourth-order valence-corrected chi connectivity index (χ4v) is 3.78. The standard InChI is InChI=1S/C22H34N2O5/c1-7-8-23-22(26)17-13-24(20(25)9-14(2)3)12-16(17)15-10-18(27-4)21(29-6)19(11-15)28-5/h10-11,14,16-17H,7-9,12-13H2,1-6H3,(H,23,26). The van der Waals surface area contributed by atoms with E-state index in [0.29, 0.717) is 43.3 Å². The number of ether oxygens (including phenoxy) is 3. The predicted molar refractivity (Wildman–Crippen MR) is 112 cm³/mol. The average Bonchev–Trinajstić information content (AvgIpc) is 3.16. The lowest BCUT2D eigenvalue weighted by molar-refractivity contribution is -0.131. The van der Waals surface area contributed by atoms with Gasteiger partial charge >= 0.3 is 0 Å². The van der Waals surface area contributed by atoms with Crippen LogP contribution in [-0.2, 0) is 9.59 Å². The van der Waals surface area contributed by atoms with Crippen molar-refractivity contribution >= 4 is 11.8 Å². The normalized spacial score (nSPS) is 18.7. The van der Waals surface area contributed by atoms with Gasteiger partial charge in [-0.15, -0.1) is 0 Å². The molecule has 0 spiro atoms. The van der Waals surface area contributed by atoms with Crippen LogP contribution in [0.2, 0.25) is 0 Å². The number of carbonyl (C=O) groups excluding carboxylic acids is 2. The molecule has 0 radical (unpaired) electrons. The molecule has 2 rings (SSSR count). The molecule has 0 bridgehead atoms. The van der Waals surface area contributed by atoms with Crippen molar-refractivity contribution in [3.63, 3.8) is 0 Å². The average molecular weight is 407 g/mol. The number of amides is 2. The van der Waals surface area contributed by atoms with Crippen LogP contribution in [0, 0.1) is 11.8 Å². The lowest BCUT2D eigenvalue weighted by Crippen LogP contribution is -2.36. The van der Waals surface area contributed by atoms with Gasteiger partial charge in [-0.2, -0.15) is 0 Å². The Hall–Kier alpha value is -2.44. The molecule has 1 aliphatic heterocycles. The number of nitrogens with zero attached hydrogens (tertiary/aromatic N) is 1. The monoisotopic (exact) mass is 406 g/mol. The molecule has 1 fully saturated rings. The highest BCUT2D eigenvalue weighted by atomic mass is 16.5. The first kappa shape index (κ1) is 22.8. The van der Waals surface area contributed by atoms with Crippen LogP contribution in [0.3, 0.4) is 0 Å². The molecule has 0 aliphatic carbocycles. The van der Waals surface area contributed by atoms with Crippen LogP contribution < -0.4 is 19.5 Å². The number of methoxy groups -OCH3 is 3. The van der Waals surface area contributed by atoms with Gasteiger partial charge in [-0.3, -0.25) is 9.59 Å². The van der Waals surface area contributed by atoms with Gasteiger partial charge in [0.05, 0.1) is 27.2 Å². The van der Waals surface area contributed by atoms with Gasteiger partial charge in [0.15, 0.2) is 11.5 Å². The van der Waals surface area contributed by atoms with E-state index in [0.717, 1.165) is 12.0 Å². The van der Waals surface area contributed by atoms with Crippen molar-refractivity contribution in [3.8, 4) is 17.2 Å². The Labute approximate surface area is 173 Å². The fourth-order valence-electron chi connectivity index (χ4n) is 3.78. The fraction of sp³-hybridized carbons (Fsp3) is 0.636. The first-order chi connectivity index (χ1) is 13.9. The number of benzene rings is 1. The molecule has 7 heteroatoms. The third-order valence-electron chi connectivity index (χ3n) is 5.26. The molecular formula is C22H34N2O5. The summed E-state index contributed by atoms with van der Waals surface area (Å²) in [6.45, 7) is 7.60. The lowest BCUT2D eigenvalue weighted by atomic mass is 9.88. The zero-order valence-corrected chi connectivity index (χ0v) is 18.4. The predicted octanol–water partition coefficient (Wildman–Crippen LogP) is 2.83. The minimum absolute atomic E-state index is 0.0227. The lowest BCUT2D eigenvalue weighted by Gasteiger charge is -2.21. The summed E-state index contributed by atoms with van der Waals surface area (Å²) < 4.78 is 16.4. The highest BCUT2D eigenvalue weighted by Crippen LogP contribution is 2.43. The van der Waals surface area contributed by atoms with E-state index >= 15 is 0 Å². The first-order valence-electron chi connectivity index (χ1n) is 10.2. The van der Waals surface area contributed by atoms with Crippen LogP contribution >= 0.6 is 0 Å². The van der Waals surface area contributed by atoms with E-state index in [1.54, 1.807) is 21.3 Å². The Balaban J connectivity index is 2.39. The second kappa shape index (κ2) is 10.4. The number of rotatable bonds is 9. The van der Waals surface area contributed by atoms with Crippen LogP contribution in [0.4, 0.5) is 0 Å². The second-order valence-electron chi connectivity index (χ2n) is 7.86. The van der Waals surface area contributed by atoms with Gasteiger partial charge in [-0.25, -0.2) is 0 Å². The summed E-state index contributed by atoms with van der Waals surface area (Å²) >= 11 is 0. The summed E-state index contributed by atoms with van der Waals surface area (Å²) in [6.07, 6.45) is 1.34. The van der Waals surface area contributed by atoms with E-state index in [4.69, 9.17) is 14.2 Å². The Morgan fingerprint density at radius 2 is 1.72 bits per heavy atom. The van der Waals surface area contributed by atoms with Crippen molar-refractivity contribution < 1.29 is 23.8 Å². The van der Waals surface area contributed by atoms with Crippen molar-refractivity contribution in [3.05, 3.63) is 17.7 Å². The molecule has 2 atom stereocenters. The summed E-state index contributed by atoms with van der Waals surface area (Å²) in [5.41, 5.74) is 0.899. The van der Waals surface area contributed by atoms with E-state index < -0.39 is 0 Å². The number of hydrogen-bond acceptors (Lipinski definition) is 5. The van der Waals surface area contributed by atoms with Gasteiger partial charge in [0.1, 0.15) is 0 Å². The van der Waals surface area contributed by atoms with E-state index in [-0.39, 0.29) is 29.6 Å². The summed E-state index contributed by atoms with van der Waals surface area (Å²) in [6, 6.07) is 3.76. The molecule has 1 N–H and O–H groups in total. The van der Waals surface area contributed by atoms with E-state index in [1.807, 2.05) is 37.8 Å². The third-order valence-corrected chi connectivity index (χ3v) is 5.26. The van der Waals surface area contributed by atoms with Gasteiger partial charge in [-0.1, -0.05) is 20.8 Å². The Kier molecular flexibility index (Phi) is 8.17. The van der Waals surface area contributed by atoms with Crippen molar-refractivity contribution in [2.45, 2.75) is 39.5 Å². The van der Waals surface area contributed by atoms with Crippen LogP contribution in [0.1, 0.15) is 45.1 Å². The molecule has 1 saturated heterocycles. The number of carbonyl (C=O) groups is 2. The topological polar surface area (TPSA) is 77.1 Å². The summed E-state index contributed by atoms with van der Waals surface area (Å²) in [4.78, 5) is 27.4. The molecule has 0 aromatic heterocycles. The molecule has 1 aliphatic rings. The molecule has 1 heterocycles. The maximum absolute atomic E-state index is 12.9. The zero-order chi connectivity index (χ0) is 21.6. The van der Waals surface area contributed by atoms with Gasteiger partial charge in [0.2, 0.25) is 17.6 Å². The third kappa shape index (κ3) is 5.34. The molecule has 0 saturated carbocycles. The SMILES string of the molecule is CCCNC(=O)C1CN(C(=O)CC(C)C)CC1c1cc(OC)c(OC)c(OC)c1. The highest BCUT2D eigenvalue weighted by molar-refractivity contribution is 5.83. The number of hydrogen-bond donors (Lipinski definition) is 1. The summed E-state index contributed by atoms with van der Waals surface area (Å²) in [5, 5.41) is 2.99. The molecule has 1 aromatic rings. The van der Waals surface area contributed by atoms with Crippen LogP contribution in [0.5, 0.6) is 17.2 Å². The highest BCUT2D eigenvalue weighted by Gasteiger charge is 2.41. The van der Waals surface area contributed by atoms with Gasteiger partial charge < -0.3 is 24.4 Å². The van der Waals surface area contributed by atoms with Crippen LogP contribution in [0.15, 0.2) is 12.1 Å². The first-order valence-corrected chi connectivity index (χ1v) is 10.2. The molecule has 162 valence electrons. The van der Waals surface area contributed by atoms with E-state index in [2.05, 4.69) is 5.32 Å². The Morgan fingerprint density at radius 3 is 2.21 bits per heavy atom. The minimum Gasteiger partial charge on any atom is -0.493 e. The molecule has 29 heavy (non-hydrogen) atoms. The molecule has 2 unspecified atom stereocenters. The molecule has 1 aromatic carbocycles. The minimum atomic E-state index is -0.319. The maximum Gasteiger partial charge on any atom is 0.225 e. The zero-order valence-electron chi connectivity index (χ0n) is 18.4. The van der Waals surface area contributed by atoms with E-state index in [9.17, 15) is 9.59 Å². The van der Waals surface area contributed by atoms with Gasteiger partial charge in [0.25, 0.3) is 0 Å². The molecule has 7 nitrogen and oxygen atoms in total. The van der Waals surface area contributed by atoms with E-state index in [1.165, 1.54) is 0 Å².